The molecule has 1 aliphatic rings. The van der Waals surface area contributed by atoms with Gasteiger partial charge in [0, 0.05) is 30.7 Å². The monoisotopic (exact) mass is 266 g/mol. The van der Waals surface area contributed by atoms with Crippen LogP contribution in [0.2, 0.25) is 0 Å². The number of rotatable bonds is 6. The molecule has 0 aliphatic heterocycles. The molecule has 1 saturated carbocycles. The van der Waals surface area contributed by atoms with E-state index in [1.165, 1.54) is 0 Å². The molecule has 0 aromatic carbocycles. The summed E-state index contributed by atoms with van der Waals surface area (Å²) in [5.74, 6) is 1.46. The largest absolute Gasteiger partial charge is 0.377 e. The van der Waals surface area contributed by atoms with Gasteiger partial charge in [-0.3, -0.25) is 0 Å². The molecule has 0 amide bonds. The first-order chi connectivity index (χ1) is 8.89. The normalized spacial score (nSPS) is 25.6. The van der Waals surface area contributed by atoms with Gasteiger partial charge in [-0.25, -0.2) is 0 Å². The van der Waals surface area contributed by atoms with Crippen LogP contribution in [0.5, 0.6) is 0 Å². The summed E-state index contributed by atoms with van der Waals surface area (Å²) in [6.07, 6.45) is 1.45. The minimum atomic E-state index is 0.188. The van der Waals surface area contributed by atoms with E-state index in [1.807, 2.05) is 13.0 Å². The molecule has 1 aromatic rings. The lowest BCUT2D eigenvalue weighted by Gasteiger charge is -2.52. The number of aryl methyl sites for hydroxylation is 1. The molecule has 2 unspecified atom stereocenters. The lowest BCUT2D eigenvalue weighted by molar-refractivity contribution is -0.124. The van der Waals surface area contributed by atoms with Crippen molar-refractivity contribution < 1.29 is 9.26 Å². The molecular weight excluding hydrogens is 240 g/mol. The molecule has 0 radical (unpaired) electrons. The van der Waals surface area contributed by atoms with Crippen LogP contribution in [0.25, 0.3) is 0 Å². The number of nitrogens with one attached hydrogen (secondary N) is 1. The number of hydrogen-bond acceptors (Lipinski definition) is 4. The zero-order chi connectivity index (χ0) is 14.0. The number of aromatic nitrogens is 1. The molecule has 1 N–H and O–H groups in total. The lowest BCUT2D eigenvalue weighted by atomic mass is 9.64. The van der Waals surface area contributed by atoms with Crippen LogP contribution in [0.1, 0.15) is 45.6 Å². The van der Waals surface area contributed by atoms with E-state index in [0.29, 0.717) is 18.1 Å². The highest BCUT2D eigenvalue weighted by Crippen LogP contribution is 2.43. The van der Waals surface area contributed by atoms with Gasteiger partial charge < -0.3 is 14.6 Å². The molecule has 19 heavy (non-hydrogen) atoms. The van der Waals surface area contributed by atoms with Crippen molar-refractivity contribution in [2.45, 2.75) is 59.7 Å². The van der Waals surface area contributed by atoms with Gasteiger partial charge in [0.2, 0.25) is 0 Å². The first kappa shape index (κ1) is 14.5. The van der Waals surface area contributed by atoms with Crippen molar-refractivity contribution in [1.82, 2.24) is 10.5 Å². The third kappa shape index (κ3) is 3.37. The molecule has 4 nitrogen and oxygen atoms in total. The minimum Gasteiger partial charge on any atom is -0.377 e. The van der Waals surface area contributed by atoms with Crippen molar-refractivity contribution in [3.63, 3.8) is 0 Å². The maximum Gasteiger partial charge on any atom is 0.133 e. The van der Waals surface area contributed by atoms with Crippen LogP contribution in [0.3, 0.4) is 0 Å². The molecule has 1 aromatic heterocycles. The molecule has 4 heteroatoms. The fraction of sp³-hybridized carbons (Fsp3) is 0.800. The standard InChI is InChI=1S/C15H26N2O2/c1-10(2)9-18-14-7-13(15(14,4)5)16-8-12-6-11(3)19-17-12/h6,10,13-14,16H,7-9H2,1-5H3. The van der Waals surface area contributed by atoms with Crippen LogP contribution in [0.4, 0.5) is 0 Å². The summed E-state index contributed by atoms with van der Waals surface area (Å²) in [6, 6.07) is 2.47. The molecule has 0 spiro atoms. The van der Waals surface area contributed by atoms with Crippen molar-refractivity contribution in [3.05, 3.63) is 17.5 Å². The fourth-order valence-corrected chi connectivity index (χ4v) is 2.55. The Hall–Kier alpha value is -0.870. The minimum absolute atomic E-state index is 0.188. The third-order valence-corrected chi connectivity index (χ3v) is 4.01. The maximum absolute atomic E-state index is 5.97. The van der Waals surface area contributed by atoms with Gasteiger partial charge >= 0.3 is 0 Å². The Bertz CT molecular complexity index is 412. The van der Waals surface area contributed by atoms with Crippen LogP contribution in [0.15, 0.2) is 10.6 Å². The third-order valence-electron chi connectivity index (χ3n) is 4.01. The van der Waals surface area contributed by atoms with Crippen LogP contribution in [0, 0.1) is 18.3 Å². The molecular formula is C15H26N2O2. The molecule has 0 saturated heterocycles. The SMILES string of the molecule is Cc1cc(CNC2CC(OCC(C)C)C2(C)C)no1. The van der Waals surface area contributed by atoms with Crippen molar-refractivity contribution in [2.24, 2.45) is 11.3 Å². The molecule has 1 aliphatic carbocycles. The summed E-state index contributed by atoms with van der Waals surface area (Å²) in [4.78, 5) is 0. The lowest BCUT2D eigenvalue weighted by Crippen LogP contribution is -2.60. The summed E-state index contributed by atoms with van der Waals surface area (Å²) in [5, 5.41) is 7.56. The fourth-order valence-electron chi connectivity index (χ4n) is 2.55. The molecule has 1 heterocycles. The van der Waals surface area contributed by atoms with E-state index >= 15 is 0 Å². The van der Waals surface area contributed by atoms with E-state index < -0.39 is 0 Å². The predicted octanol–water partition coefficient (Wildman–Crippen LogP) is 2.91. The number of ether oxygens (including phenoxy) is 1. The molecule has 1 fully saturated rings. The first-order valence-electron chi connectivity index (χ1n) is 7.16. The molecule has 2 rings (SSSR count). The van der Waals surface area contributed by atoms with E-state index in [0.717, 1.165) is 31.0 Å². The van der Waals surface area contributed by atoms with E-state index in [4.69, 9.17) is 9.26 Å². The van der Waals surface area contributed by atoms with Crippen LogP contribution in [-0.2, 0) is 11.3 Å². The summed E-state index contributed by atoms with van der Waals surface area (Å²) in [5.41, 5.74) is 1.16. The summed E-state index contributed by atoms with van der Waals surface area (Å²) < 4.78 is 11.0. The van der Waals surface area contributed by atoms with Crippen LogP contribution >= 0.6 is 0 Å². The van der Waals surface area contributed by atoms with Gasteiger partial charge in [0.05, 0.1) is 11.8 Å². The highest BCUT2D eigenvalue weighted by atomic mass is 16.5. The summed E-state index contributed by atoms with van der Waals surface area (Å²) >= 11 is 0. The Labute approximate surface area is 115 Å². The number of hydrogen-bond donors (Lipinski definition) is 1. The van der Waals surface area contributed by atoms with Crippen molar-refractivity contribution in [2.75, 3.05) is 6.61 Å². The highest BCUT2D eigenvalue weighted by molar-refractivity contribution is 5.07. The zero-order valence-corrected chi connectivity index (χ0v) is 12.7. The van der Waals surface area contributed by atoms with Crippen LogP contribution in [-0.4, -0.2) is 23.9 Å². The first-order valence-corrected chi connectivity index (χ1v) is 7.16. The summed E-state index contributed by atoms with van der Waals surface area (Å²) in [7, 11) is 0. The maximum atomic E-state index is 5.97. The second-order valence-electron chi connectivity index (χ2n) is 6.64. The van der Waals surface area contributed by atoms with Crippen molar-refractivity contribution in [3.8, 4) is 0 Å². The highest BCUT2D eigenvalue weighted by Gasteiger charge is 2.48. The Kier molecular flexibility index (Phi) is 4.31. The van der Waals surface area contributed by atoms with Gasteiger partial charge in [0.25, 0.3) is 0 Å². The zero-order valence-electron chi connectivity index (χ0n) is 12.7. The average molecular weight is 266 g/mol. The second-order valence-corrected chi connectivity index (χ2v) is 6.64. The van der Waals surface area contributed by atoms with Gasteiger partial charge in [-0.15, -0.1) is 0 Å². The Morgan fingerprint density at radius 3 is 2.79 bits per heavy atom. The smallest absolute Gasteiger partial charge is 0.133 e. The molecule has 2 atom stereocenters. The van der Waals surface area contributed by atoms with E-state index in [9.17, 15) is 0 Å². The van der Waals surface area contributed by atoms with E-state index in [-0.39, 0.29) is 5.41 Å². The van der Waals surface area contributed by atoms with Gasteiger partial charge in [0.15, 0.2) is 0 Å². The van der Waals surface area contributed by atoms with E-state index in [2.05, 4.69) is 38.2 Å². The van der Waals surface area contributed by atoms with Crippen molar-refractivity contribution in [1.29, 1.82) is 0 Å². The summed E-state index contributed by atoms with van der Waals surface area (Å²) in [6.45, 7) is 12.5. The van der Waals surface area contributed by atoms with Crippen molar-refractivity contribution >= 4 is 0 Å². The molecule has 0 bridgehead atoms. The van der Waals surface area contributed by atoms with E-state index in [1.54, 1.807) is 0 Å². The Morgan fingerprint density at radius 1 is 1.53 bits per heavy atom. The quantitative estimate of drug-likeness (QED) is 0.860. The number of nitrogens with zero attached hydrogens (tertiary/aromatic N) is 1. The van der Waals surface area contributed by atoms with Gasteiger partial charge in [-0.05, 0) is 19.3 Å². The van der Waals surface area contributed by atoms with Crippen LogP contribution < -0.4 is 5.32 Å². The Balaban J connectivity index is 1.77. The predicted molar refractivity (Wildman–Crippen MR) is 74.8 cm³/mol. The van der Waals surface area contributed by atoms with Gasteiger partial charge in [-0.1, -0.05) is 32.9 Å². The average Bonchev–Trinajstić information content (AvgIpc) is 2.72. The second kappa shape index (κ2) is 5.63. The topological polar surface area (TPSA) is 47.3 Å². The molecule has 108 valence electrons. The van der Waals surface area contributed by atoms with Gasteiger partial charge in [0.1, 0.15) is 5.76 Å². The van der Waals surface area contributed by atoms with Gasteiger partial charge in [-0.2, -0.15) is 0 Å². The Morgan fingerprint density at radius 2 is 2.26 bits per heavy atom.